The smallest absolute Gasteiger partial charge is 0.504 e. The van der Waals surface area contributed by atoms with E-state index >= 15 is 0 Å². The summed E-state index contributed by atoms with van der Waals surface area (Å²) in [5.74, 6) is -1.16. The van der Waals surface area contributed by atoms with Crippen molar-refractivity contribution < 1.29 is 37.7 Å². The highest BCUT2D eigenvalue weighted by Crippen LogP contribution is 2.42. The number of aryl methyl sites for hydroxylation is 1. The second kappa shape index (κ2) is 12.4. The van der Waals surface area contributed by atoms with Crippen LogP contribution in [-0.4, -0.2) is 96.6 Å². The van der Waals surface area contributed by atoms with Gasteiger partial charge in [0.25, 0.3) is 11.5 Å². The van der Waals surface area contributed by atoms with E-state index in [9.17, 15) is 28.3 Å². The van der Waals surface area contributed by atoms with Gasteiger partial charge in [-0.25, -0.2) is 9.97 Å². The molecule has 18 heteroatoms. The lowest BCUT2D eigenvalue weighted by molar-refractivity contribution is -0.286. The van der Waals surface area contributed by atoms with Crippen molar-refractivity contribution in [1.29, 1.82) is 0 Å². The van der Waals surface area contributed by atoms with Gasteiger partial charge in [-0.1, -0.05) is 13.0 Å². The number of anilines is 2. The van der Waals surface area contributed by atoms with Crippen LogP contribution in [0.25, 0.3) is 11.4 Å². The minimum atomic E-state index is -3.81. The summed E-state index contributed by atoms with van der Waals surface area (Å²) in [4.78, 5) is 56.8. The predicted octanol–water partition coefficient (Wildman–Crippen LogP) is 1.98. The summed E-state index contributed by atoms with van der Waals surface area (Å²) in [5, 5.41) is 17.6. The quantitative estimate of drug-likeness (QED) is 0.291. The van der Waals surface area contributed by atoms with Gasteiger partial charge in [-0.3, -0.25) is 14.4 Å². The molecular weight excluding hydrogens is 648 g/mol. The highest BCUT2D eigenvalue weighted by Gasteiger charge is 2.43. The molecule has 49 heavy (non-hydrogen) atoms. The molecule has 0 spiro atoms. The molecule has 0 unspecified atom stereocenters. The van der Waals surface area contributed by atoms with E-state index in [4.69, 9.17) is 4.74 Å². The minimum Gasteiger partial charge on any atom is -0.504 e. The molecule has 256 valence electrons. The van der Waals surface area contributed by atoms with Crippen molar-refractivity contribution in [3.8, 4) is 17.2 Å². The number of hydrogen-bond acceptors (Lipinski definition) is 12. The predicted molar refractivity (Wildman–Crippen MR) is 168 cm³/mol. The maximum atomic E-state index is 14.2. The minimum absolute atomic E-state index is 0.0984. The summed E-state index contributed by atoms with van der Waals surface area (Å²) in [6.07, 6.45) is 0.129. The Hall–Kier alpha value is -5.65. The number of carbonyl (C=O) groups excluding carboxylic acids is 2. The number of nitrogens with one attached hydrogen (secondary N) is 1. The molecule has 0 atom stereocenters. The Morgan fingerprint density at radius 3 is 2.61 bits per heavy atom. The topological polar surface area (TPSA) is 179 Å². The molecule has 4 aromatic rings. The van der Waals surface area contributed by atoms with Gasteiger partial charge in [0, 0.05) is 37.9 Å². The van der Waals surface area contributed by atoms with Crippen molar-refractivity contribution in [2.24, 2.45) is 0 Å². The highest BCUT2D eigenvalue weighted by molar-refractivity contribution is 5.95. The van der Waals surface area contributed by atoms with Crippen LogP contribution < -0.4 is 25.2 Å². The fourth-order valence-corrected chi connectivity index (χ4v) is 6.07. The Morgan fingerprint density at radius 1 is 1.10 bits per heavy atom. The average Bonchev–Trinajstić information content (AvgIpc) is 3.67. The fraction of sp³-hybridized carbons (Fsp3) is 0.387. The van der Waals surface area contributed by atoms with Crippen LogP contribution in [-0.2, 0) is 22.5 Å². The highest BCUT2D eigenvalue weighted by atomic mass is 19.3. The van der Waals surface area contributed by atoms with Crippen molar-refractivity contribution >= 4 is 34.5 Å². The second-order valence-corrected chi connectivity index (χ2v) is 11.6. The van der Waals surface area contributed by atoms with Gasteiger partial charge in [0.15, 0.2) is 28.8 Å². The number of rotatable bonds is 7. The van der Waals surface area contributed by atoms with Gasteiger partial charge in [0.2, 0.25) is 11.7 Å². The molecule has 1 saturated heterocycles. The molecule has 1 fully saturated rings. The Labute approximate surface area is 276 Å². The van der Waals surface area contributed by atoms with Gasteiger partial charge in [0.1, 0.15) is 18.6 Å². The van der Waals surface area contributed by atoms with E-state index in [2.05, 4.69) is 34.8 Å². The number of aromatic nitrogens is 6. The van der Waals surface area contributed by atoms with E-state index in [0.717, 1.165) is 5.57 Å². The third kappa shape index (κ3) is 5.98. The number of hydrogen-bond donors (Lipinski definition) is 2. The van der Waals surface area contributed by atoms with E-state index in [-0.39, 0.29) is 72.8 Å². The summed E-state index contributed by atoms with van der Waals surface area (Å²) in [6.45, 7) is 4.95. The molecule has 2 N–H and O–H groups in total. The summed E-state index contributed by atoms with van der Waals surface area (Å²) in [5.41, 5.74) is 1.57. The second-order valence-electron chi connectivity index (χ2n) is 11.6. The number of fused-ring (bicyclic) bond motifs is 2. The maximum absolute atomic E-state index is 14.2. The van der Waals surface area contributed by atoms with Crippen LogP contribution in [0, 0.1) is 6.92 Å². The number of ether oxygens (including phenoxy) is 3. The lowest BCUT2D eigenvalue weighted by Gasteiger charge is -2.36. The molecule has 0 radical (unpaired) electrons. The summed E-state index contributed by atoms with van der Waals surface area (Å²) < 4.78 is 44.3. The molecule has 6 heterocycles. The summed E-state index contributed by atoms with van der Waals surface area (Å²) in [7, 11) is 0. The Kier molecular flexibility index (Phi) is 8.09. The summed E-state index contributed by atoms with van der Waals surface area (Å²) in [6, 6.07) is 3.91. The zero-order chi connectivity index (χ0) is 34.4. The molecule has 1 aromatic carbocycles. The molecule has 3 aliphatic heterocycles. The van der Waals surface area contributed by atoms with Crippen LogP contribution in [0.3, 0.4) is 0 Å². The number of benzene rings is 1. The van der Waals surface area contributed by atoms with Crippen LogP contribution in [0.5, 0.6) is 17.2 Å². The lowest BCUT2D eigenvalue weighted by atomic mass is 10.1. The largest absolute Gasteiger partial charge is 0.586 e. The van der Waals surface area contributed by atoms with Gasteiger partial charge < -0.3 is 39.0 Å². The molecule has 0 aliphatic carbocycles. The van der Waals surface area contributed by atoms with Crippen LogP contribution in [0.4, 0.5) is 20.2 Å². The van der Waals surface area contributed by atoms with Gasteiger partial charge in [-0.2, -0.15) is 9.50 Å². The van der Waals surface area contributed by atoms with Gasteiger partial charge in [0.05, 0.1) is 24.6 Å². The standard InChI is InChI=1S/C31H31F2N9O7/c1-3-20-25(39-8-10-40(11-9-39)28(45)24-26(44)17(2)34-16-35-24)29(46)42-30(37-27(38-42)18-6-12-47-13-7-18)41(20)15-23(43)36-19-4-5-21-22(14-19)49-31(32,33)48-21/h4-6,14,16,44H,3,7-13,15H2,1-2H3,(H,36,43). The molecule has 3 aromatic heterocycles. The molecular formula is C31H31F2N9O7. The van der Waals surface area contributed by atoms with Crippen LogP contribution in [0.1, 0.15) is 41.0 Å². The third-order valence-corrected chi connectivity index (χ3v) is 8.49. The molecule has 16 nitrogen and oxygen atoms in total. The first-order chi connectivity index (χ1) is 23.5. The van der Waals surface area contributed by atoms with Crippen molar-refractivity contribution in [2.45, 2.75) is 39.5 Å². The summed E-state index contributed by atoms with van der Waals surface area (Å²) >= 11 is 0. The van der Waals surface area contributed by atoms with E-state index in [1.165, 1.54) is 29.0 Å². The van der Waals surface area contributed by atoms with Crippen LogP contribution in [0.2, 0.25) is 0 Å². The van der Waals surface area contributed by atoms with Crippen molar-refractivity contribution in [3.05, 3.63) is 63.9 Å². The monoisotopic (exact) mass is 679 g/mol. The molecule has 7 rings (SSSR count). The van der Waals surface area contributed by atoms with Gasteiger partial charge in [-0.15, -0.1) is 13.9 Å². The Balaban J connectivity index is 1.21. The third-order valence-electron chi connectivity index (χ3n) is 8.49. The van der Waals surface area contributed by atoms with Crippen molar-refractivity contribution in [1.82, 2.24) is 34.0 Å². The molecule has 0 bridgehead atoms. The van der Waals surface area contributed by atoms with Crippen molar-refractivity contribution in [3.63, 3.8) is 0 Å². The van der Waals surface area contributed by atoms with E-state index in [1.54, 1.807) is 16.4 Å². The normalized spacial score (nSPS) is 16.9. The van der Waals surface area contributed by atoms with Gasteiger partial charge in [-0.05, 0) is 37.5 Å². The van der Waals surface area contributed by atoms with Crippen LogP contribution >= 0.6 is 0 Å². The van der Waals surface area contributed by atoms with Crippen LogP contribution in [0.15, 0.2) is 35.4 Å². The number of aromatic hydroxyl groups is 1. The van der Waals surface area contributed by atoms with E-state index < -0.39 is 23.7 Å². The fourth-order valence-electron chi connectivity index (χ4n) is 6.07. The first kappa shape index (κ1) is 31.9. The molecule has 3 aliphatic rings. The lowest BCUT2D eigenvalue weighted by Crippen LogP contribution is -2.51. The Morgan fingerprint density at radius 2 is 1.88 bits per heavy atom. The SMILES string of the molecule is CCc1c(N2CCN(C(=O)c3ncnc(C)c3O)CC2)c(=O)n2nc(C3=CCOCC3)nc2n1CC(=O)Nc1ccc2c(c1)OC(F)(F)O2. The van der Waals surface area contributed by atoms with Crippen molar-refractivity contribution in [2.75, 3.05) is 49.6 Å². The average molecular weight is 680 g/mol. The van der Waals surface area contributed by atoms with E-state index in [1.807, 2.05) is 17.9 Å². The number of halogens is 2. The zero-order valence-corrected chi connectivity index (χ0v) is 26.5. The molecule has 0 saturated carbocycles. The number of alkyl halides is 2. The maximum Gasteiger partial charge on any atom is 0.586 e. The number of nitrogens with zero attached hydrogens (tertiary/aromatic N) is 8. The first-order valence-corrected chi connectivity index (χ1v) is 15.6. The zero-order valence-electron chi connectivity index (χ0n) is 26.5. The number of piperazine rings is 1. The Bertz CT molecular complexity index is 2070. The van der Waals surface area contributed by atoms with Gasteiger partial charge >= 0.3 is 6.29 Å². The molecule has 2 amide bonds. The number of amides is 2. The number of carbonyl (C=O) groups is 2. The van der Waals surface area contributed by atoms with E-state index in [0.29, 0.717) is 43.3 Å². The first-order valence-electron chi connectivity index (χ1n) is 15.6.